The van der Waals surface area contributed by atoms with Crippen molar-refractivity contribution in [3.8, 4) is 11.5 Å². The van der Waals surface area contributed by atoms with Crippen molar-refractivity contribution in [1.82, 2.24) is 19.2 Å². The topological polar surface area (TPSA) is 280 Å². The number of piperidine rings is 2. The number of hydrogen-bond donors (Lipinski definition) is 4. The second kappa shape index (κ2) is 31.7. The minimum atomic E-state index is -4.79. The predicted molar refractivity (Wildman–Crippen MR) is 359 cm³/mol. The van der Waals surface area contributed by atoms with Crippen LogP contribution >= 0.6 is 0 Å². The van der Waals surface area contributed by atoms with E-state index in [4.69, 9.17) is 29.8 Å². The number of sulfonamides is 2. The molecule has 3 amide bonds. The van der Waals surface area contributed by atoms with Crippen LogP contribution in [0.1, 0.15) is 148 Å². The van der Waals surface area contributed by atoms with Gasteiger partial charge in [-0.2, -0.15) is 26.3 Å². The molecule has 6 aromatic rings. The van der Waals surface area contributed by atoms with Gasteiger partial charge in [0.25, 0.3) is 11.8 Å². The normalized spacial score (nSPS) is 15.8. The number of amides is 3. The Balaban J connectivity index is 0.000000272. The van der Waals surface area contributed by atoms with E-state index in [1.165, 1.54) is 14.7 Å². The molecule has 0 unspecified atom stereocenters. The van der Waals surface area contributed by atoms with Gasteiger partial charge in [-0.05, 0) is 188 Å². The summed E-state index contributed by atoms with van der Waals surface area (Å²) in [7, 11) is -6.54. The highest BCUT2D eigenvalue weighted by molar-refractivity contribution is 7.89. The molecule has 0 saturated carbocycles. The van der Waals surface area contributed by atoms with E-state index in [0.29, 0.717) is 22.8 Å². The Morgan fingerprint density at radius 2 is 0.990 bits per heavy atom. The van der Waals surface area contributed by atoms with E-state index >= 15 is 0 Å². The first kappa shape index (κ1) is 77.6. The molecule has 0 bridgehead atoms. The molecule has 3 heterocycles. The zero-order chi connectivity index (χ0) is 73.1. The van der Waals surface area contributed by atoms with Gasteiger partial charge >= 0.3 is 24.3 Å². The molecule has 99 heavy (non-hydrogen) atoms. The van der Waals surface area contributed by atoms with Crippen LogP contribution in [-0.2, 0) is 77.5 Å². The number of ether oxygens (including phenoxy) is 4. The Hall–Kier alpha value is -8.70. The molecular weight excluding hydrogens is 1340 g/mol. The second-order valence-electron chi connectivity index (χ2n) is 26.1. The Morgan fingerprint density at radius 1 is 0.576 bits per heavy atom. The standard InChI is InChI=1S/C35H40F3N3O7S.C35H38F3N3O6S.CH4O/c1-23-18-26(31(43)48-33(2,3)4)11-10-25(23)12-17-49(45,46)41-15-13-34(14-16-41,32(39)44)40-30(42)27-19-28(35(36,37)38)21-29(20-27)47-22-24-8-6-5-7-9-24;1-23-18-26(31(42)47-33(2,3)4)11-10-25(23)12-17-48(44,45)41-15-13-34(14-16-41)32(43)39-30(40-34)27-19-28(35(36,37)38)21-29(20-27)46-22-24-8-6-5-7-9-24;1-2/h5-11,18-21H,12-17,22H2,1-4H3,(H2,39,44)(H,40,42);5-11,18-21H,12-17,22H2,1-4H3,(H,39,40,43);2H,1H3. The van der Waals surface area contributed by atoms with Crippen LogP contribution in [0.3, 0.4) is 0 Å². The van der Waals surface area contributed by atoms with Crippen LogP contribution in [0.5, 0.6) is 11.5 Å². The van der Waals surface area contributed by atoms with Crippen molar-refractivity contribution >= 4 is 55.5 Å². The van der Waals surface area contributed by atoms with E-state index in [1.807, 2.05) is 6.07 Å². The van der Waals surface area contributed by atoms with Gasteiger partial charge in [0.2, 0.25) is 26.0 Å². The van der Waals surface area contributed by atoms with E-state index in [0.717, 1.165) is 59.2 Å². The number of primary amides is 1. The molecule has 0 aliphatic carbocycles. The van der Waals surface area contributed by atoms with Gasteiger partial charge in [-0.15, -0.1) is 0 Å². The molecule has 5 N–H and O–H groups in total. The monoisotopic (exact) mass is 1420 g/mol. The first-order valence-electron chi connectivity index (χ1n) is 31.6. The van der Waals surface area contributed by atoms with Crippen molar-refractivity contribution in [3.05, 3.63) is 200 Å². The van der Waals surface area contributed by atoms with Gasteiger partial charge in [0.1, 0.15) is 52.8 Å². The second-order valence-corrected chi connectivity index (χ2v) is 30.3. The Morgan fingerprint density at radius 3 is 1.39 bits per heavy atom. The maximum Gasteiger partial charge on any atom is 0.416 e. The Labute approximate surface area is 572 Å². The van der Waals surface area contributed by atoms with Gasteiger partial charge in [-0.25, -0.2) is 35.0 Å². The van der Waals surface area contributed by atoms with Crippen LogP contribution in [0.15, 0.2) is 138 Å². The lowest BCUT2D eigenvalue weighted by molar-refractivity contribution is -0.138. The molecule has 1 spiro atoms. The average Bonchev–Trinajstić information content (AvgIpc) is 1.68. The number of nitrogens with one attached hydrogen (secondary N) is 2. The average molecular weight is 1420 g/mol. The fourth-order valence-corrected chi connectivity index (χ4v) is 14.0. The number of esters is 2. The molecule has 0 atom stereocenters. The van der Waals surface area contributed by atoms with Crippen molar-refractivity contribution in [2.24, 2.45) is 10.7 Å². The number of aryl methyl sites for hydroxylation is 4. The number of aliphatic hydroxyl groups excluding tert-OH is 1. The van der Waals surface area contributed by atoms with Gasteiger partial charge in [0.05, 0.1) is 33.8 Å². The third-order valence-corrected chi connectivity index (χ3v) is 20.2. The summed E-state index contributed by atoms with van der Waals surface area (Å²) in [5.41, 5.74) is 4.14. The largest absolute Gasteiger partial charge is 0.489 e. The molecule has 9 rings (SSSR count). The molecule has 6 aromatic carbocycles. The highest BCUT2D eigenvalue weighted by atomic mass is 32.2. The van der Waals surface area contributed by atoms with E-state index in [1.54, 1.807) is 146 Å². The van der Waals surface area contributed by atoms with Crippen molar-refractivity contribution in [2.45, 2.75) is 142 Å². The first-order chi connectivity index (χ1) is 46.2. The van der Waals surface area contributed by atoms with E-state index in [9.17, 15) is 67.2 Å². The number of alkyl halides is 6. The Bertz CT molecular complexity index is 4160. The lowest BCUT2D eigenvalue weighted by atomic mass is 9.87. The number of hydrogen-bond acceptors (Lipinski definition) is 15. The fraction of sp³-hybridized carbons (Fsp3) is 0.408. The number of carbonyl (C=O) groups is 5. The molecule has 28 heteroatoms. The summed E-state index contributed by atoms with van der Waals surface area (Å²) in [5, 5.41) is 12.1. The maximum absolute atomic E-state index is 13.8. The van der Waals surface area contributed by atoms with Gasteiger partial charge in [0, 0.05) is 44.4 Å². The van der Waals surface area contributed by atoms with E-state index in [-0.39, 0.29) is 112 Å². The highest BCUT2D eigenvalue weighted by Crippen LogP contribution is 2.38. The molecule has 3 aliphatic rings. The maximum atomic E-state index is 13.8. The summed E-state index contributed by atoms with van der Waals surface area (Å²) in [6.07, 6.45) is -9.32. The number of aliphatic imine (C=N–C) groups is 1. The quantitative estimate of drug-likeness (QED) is 0.0409. The number of aliphatic hydroxyl groups is 1. The zero-order valence-corrected chi connectivity index (χ0v) is 58.0. The number of nitrogens with zero attached hydrogens (tertiary/aromatic N) is 3. The molecule has 2 fully saturated rings. The minimum Gasteiger partial charge on any atom is -0.489 e. The van der Waals surface area contributed by atoms with E-state index in [2.05, 4.69) is 15.6 Å². The number of halogens is 6. The minimum absolute atomic E-state index is 0.0164. The molecular formula is C71H82F6N6O14S2. The van der Waals surface area contributed by atoms with Gasteiger partial charge < -0.3 is 40.4 Å². The van der Waals surface area contributed by atoms with Gasteiger partial charge in [0.15, 0.2) is 0 Å². The summed E-state index contributed by atoms with van der Waals surface area (Å²) in [4.78, 5) is 68.5. The van der Waals surface area contributed by atoms with Crippen LogP contribution in [0.4, 0.5) is 26.3 Å². The van der Waals surface area contributed by atoms with Crippen LogP contribution in [0.25, 0.3) is 0 Å². The summed E-state index contributed by atoms with van der Waals surface area (Å²) in [6, 6.07) is 33.4. The van der Waals surface area contributed by atoms with Crippen LogP contribution in [0.2, 0.25) is 0 Å². The smallest absolute Gasteiger partial charge is 0.416 e. The van der Waals surface area contributed by atoms with E-state index < -0.39 is 101 Å². The Kier molecular flexibility index (Phi) is 24.8. The first-order valence-corrected chi connectivity index (χ1v) is 34.8. The van der Waals surface area contributed by atoms with Crippen molar-refractivity contribution < 1.29 is 91.2 Å². The predicted octanol–water partition coefficient (Wildman–Crippen LogP) is 10.6. The zero-order valence-electron chi connectivity index (χ0n) is 56.4. The van der Waals surface area contributed by atoms with Gasteiger partial charge in [-0.3, -0.25) is 19.4 Å². The molecule has 3 aliphatic heterocycles. The lowest BCUT2D eigenvalue weighted by Gasteiger charge is -2.39. The molecule has 0 radical (unpaired) electrons. The van der Waals surface area contributed by atoms with Crippen molar-refractivity contribution in [1.29, 1.82) is 0 Å². The third kappa shape index (κ3) is 21.2. The molecule has 2 saturated heterocycles. The SMILES string of the molecule is CO.Cc1cc(C(=O)OC(C)(C)C)ccc1CCS(=O)(=O)N1CCC(NC(=O)c2cc(OCc3ccccc3)cc(C(F)(F)F)c2)(C(N)=O)CC1.Cc1cc(C(=O)OC(C)(C)C)ccc1CCS(=O)(=O)N1CCC2(CC1)N=C(c1cc(OCc3ccccc3)cc(C(F)(F)F)c1)NC2=O. The third-order valence-electron chi connectivity index (χ3n) is 16.4. The summed E-state index contributed by atoms with van der Waals surface area (Å²) in [5.74, 6) is -4.05. The van der Waals surface area contributed by atoms with Gasteiger partial charge in [-0.1, -0.05) is 72.8 Å². The molecule has 0 aromatic heterocycles. The molecule has 534 valence electrons. The van der Waals surface area contributed by atoms with Crippen molar-refractivity contribution in [3.63, 3.8) is 0 Å². The fourth-order valence-electron chi connectivity index (χ4n) is 11.1. The van der Waals surface area contributed by atoms with Crippen molar-refractivity contribution in [2.75, 3.05) is 44.8 Å². The number of carbonyl (C=O) groups excluding carboxylic acids is 5. The summed E-state index contributed by atoms with van der Waals surface area (Å²) in [6.45, 7) is 13.9. The van der Waals surface area contributed by atoms with Crippen LogP contribution in [-0.4, -0.2) is 133 Å². The van der Waals surface area contributed by atoms with Crippen LogP contribution < -0.4 is 25.8 Å². The lowest BCUT2D eigenvalue weighted by Crippen LogP contribution is -2.62. The number of rotatable bonds is 20. The highest BCUT2D eigenvalue weighted by Gasteiger charge is 2.49. The molecule has 20 nitrogen and oxygen atoms in total. The van der Waals surface area contributed by atoms with Crippen LogP contribution in [0, 0.1) is 13.8 Å². The summed E-state index contributed by atoms with van der Waals surface area (Å²) >= 11 is 0. The number of benzene rings is 6. The number of amidine groups is 1. The number of nitrogens with two attached hydrogens (primary N) is 1. The summed E-state index contributed by atoms with van der Waals surface area (Å²) < 4.78 is 160.